The van der Waals surface area contributed by atoms with Crippen LogP contribution in [0.2, 0.25) is 0 Å². The smallest absolute Gasteiger partial charge is 0.225 e. The van der Waals surface area contributed by atoms with Gasteiger partial charge in [-0.15, -0.1) is 0 Å². The van der Waals surface area contributed by atoms with E-state index in [0.717, 1.165) is 37.5 Å². The van der Waals surface area contributed by atoms with Gasteiger partial charge in [0, 0.05) is 25.7 Å². The largest absolute Gasteiger partial charge is 0.374 e. The highest BCUT2D eigenvalue weighted by molar-refractivity contribution is 5.79. The van der Waals surface area contributed by atoms with Crippen LogP contribution in [0.1, 0.15) is 17.9 Å². The number of piperidine rings is 1. The van der Waals surface area contributed by atoms with Crippen LogP contribution in [-0.2, 0) is 16.1 Å². The number of nitrogens with one attached hydrogen (secondary N) is 1. The second-order valence-corrected chi connectivity index (χ2v) is 5.26. The summed E-state index contributed by atoms with van der Waals surface area (Å²) in [5.41, 5.74) is 0.939. The lowest BCUT2D eigenvalue weighted by Crippen LogP contribution is -2.48. The fourth-order valence-electron chi connectivity index (χ4n) is 2.83. The fourth-order valence-corrected chi connectivity index (χ4v) is 2.83. The minimum Gasteiger partial charge on any atom is -0.374 e. The highest BCUT2D eigenvalue weighted by Gasteiger charge is 2.36. The van der Waals surface area contributed by atoms with Crippen LogP contribution < -0.4 is 5.32 Å². The molecule has 0 saturated carbocycles. The van der Waals surface area contributed by atoms with Crippen LogP contribution in [-0.4, -0.2) is 48.3 Å². The molecule has 1 amide bonds. The third-order valence-corrected chi connectivity index (χ3v) is 3.78. The number of rotatable bonds is 2. The number of fused-ring (bicyclic) bond motifs is 1. The SMILES string of the molecule is Cc1cc(CN2CC[C@H]3C(=O)NCCO[C@H]3C2)no1. The minimum atomic E-state index is -0.00204. The number of aromatic nitrogens is 1. The molecule has 1 aromatic rings. The van der Waals surface area contributed by atoms with Gasteiger partial charge in [-0.3, -0.25) is 9.69 Å². The van der Waals surface area contributed by atoms with Gasteiger partial charge in [0.1, 0.15) is 5.76 Å². The Morgan fingerprint density at radius 3 is 3.26 bits per heavy atom. The van der Waals surface area contributed by atoms with Gasteiger partial charge in [-0.1, -0.05) is 5.16 Å². The van der Waals surface area contributed by atoms with Crippen LogP contribution in [0, 0.1) is 12.8 Å². The maximum atomic E-state index is 11.9. The molecule has 0 unspecified atom stereocenters. The molecule has 1 aromatic heterocycles. The first-order chi connectivity index (χ1) is 9.22. The molecule has 2 aliphatic heterocycles. The number of amides is 1. The van der Waals surface area contributed by atoms with Crippen molar-refractivity contribution in [2.24, 2.45) is 5.92 Å². The van der Waals surface area contributed by atoms with E-state index in [-0.39, 0.29) is 17.9 Å². The number of aryl methyl sites for hydroxylation is 1. The maximum absolute atomic E-state index is 11.9. The Balaban J connectivity index is 1.63. The van der Waals surface area contributed by atoms with Crippen molar-refractivity contribution >= 4 is 5.91 Å². The molecule has 3 heterocycles. The van der Waals surface area contributed by atoms with E-state index in [0.29, 0.717) is 13.2 Å². The van der Waals surface area contributed by atoms with Crippen molar-refractivity contribution in [3.05, 3.63) is 17.5 Å². The quantitative estimate of drug-likeness (QED) is 0.834. The standard InChI is InChI=1S/C13H19N3O3/c1-9-6-10(15-19-9)7-16-4-2-11-12(8-16)18-5-3-14-13(11)17/h6,11-12H,2-5,7-8H2,1H3,(H,14,17)/t11-,12+/m1/s1. The monoisotopic (exact) mass is 265 g/mol. The number of nitrogens with zero attached hydrogens (tertiary/aromatic N) is 2. The normalized spacial score (nSPS) is 28.6. The van der Waals surface area contributed by atoms with E-state index in [1.807, 2.05) is 13.0 Å². The number of ether oxygens (including phenoxy) is 1. The van der Waals surface area contributed by atoms with E-state index in [2.05, 4.69) is 15.4 Å². The van der Waals surface area contributed by atoms with Crippen LogP contribution in [0.15, 0.2) is 10.6 Å². The van der Waals surface area contributed by atoms with Crippen molar-refractivity contribution in [1.82, 2.24) is 15.4 Å². The molecule has 104 valence electrons. The number of likely N-dealkylation sites (tertiary alicyclic amines) is 1. The summed E-state index contributed by atoms with van der Waals surface area (Å²) >= 11 is 0. The van der Waals surface area contributed by atoms with Gasteiger partial charge in [0.25, 0.3) is 0 Å². The molecule has 2 atom stereocenters. The molecule has 3 rings (SSSR count). The number of hydrogen-bond acceptors (Lipinski definition) is 5. The van der Waals surface area contributed by atoms with Crippen LogP contribution in [0.5, 0.6) is 0 Å². The van der Waals surface area contributed by atoms with E-state index in [1.54, 1.807) is 0 Å². The summed E-state index contributed by atoms with van der Waals surface area (Å²) in [6.07, 6.45) is 0.845. The number of carbonyl (C=O) groups is 1. The van der Waals surface area contributed by atoms with Gasteiger partial charge in [0.15, 0.2) is 0 Å². The molecule has 0 radical (unpaired) electrons. The predicted octanol–water partition coefficient (Wildman–Crippen LogP) is 0.320. The topological polar surface area (TPSA) is 67.6 Å². The van der Waals surface area contributed by atoms with Crippen molar-refractivity contribution in [2.45, 2.75) is 26.0 Å². The summed E-state index contributed by atoms with van der Waals surface area (Å²) in [6, 6.07) is 1.95. The number of carbonyl (C=O) groups excluding carboxylic acids is 1. The van der Waals surface area contributed by atoms with Gasteiger partial charge in [0.05, 0.1) is 24.3 Å². The second-order valence-electron chi connectivity index (χ2n) is 5.26. The summed E-state index contributed by atoms with van der Waals surface area (Å²) in [7, 11) is 0. The first kappa shape index (κ1) is 12.6. The highest BCUT2D eigenvalue weighted by atomic mass is 16.5. The molecule has 6 heteroatoms. The average molecular weight is 265 g/mol. The van der Waals surface area contributed by atoms with Crippen molar-refractivity contribution < 1.29 is 14.1 Å². The van der Waals surface area contributed by atoms with E-state index in [4.69, 9.17) is 9.26 Å². The molecule has 1 N–H and O–H groups in total. The Morgan fingerprint density at radius 2 is 2.47 bits per heavy atom. The molecule has 0 aromatic carbocycles. The summed E-state index contributed by atoms with van der Waals surface area (Å²) in [5.74, 6) is 0.965. The Morgan fingerprint density at radius 1 is 1.58 bits per heavy atom. The molecule has 6 nitrogen and oxygen atoms in total. The molecular weight excluding hydrogens is 246 g/mol. The molecule has 2 aliphatic rings. The van der Waals surface area contributed by atoms with Gasteiger partial charge in [0.2, 0.25) is 5.91 Å². The third kappa shape index (κ3) is 2.79. The third-order valence-electron chi connectivity index (χ3n) is 3.78. The molecule has 2 saturated heterocycles. The highest BCUT2D eigenvalue weighted by Crippen LogP contribution is 2.23. The Labute approximate surface area is 112 Å². The molecular formula is C13H19N3O3. The van der Waals surface area contributed by atoms with Crippen molar-refractivity contribution in [3.63, 3.8) is 0 Å². The van der Waals surface area contributed by atoms with Crippen LogP contribution in [0.25, 0.3) is 0 Å². The molecule has 2 fully saturated rings. The van der Waals surface area contributed by atoms with Crippen LogP contribution in [0.4, 0.5) is 0 Å². The minimum absolute atomic E-state index is 0.00204. The Kier molecular flexibility index (Phi) is 3.52. The zero-order valence-corrected chi connectivity index (χ0v) is 11.1. The van der Waals surface area contributed by atoms with Crippen LogP contribution >= 0.6 is 0 Å². The average Bonchev–Trinajstić information content (AvgIpc) is 2.70. The second kappa shape index (κ2) is 5.30. The van der Waals surface area contributed by atoms with Crippen molar-refractivity contribution in [2.75, 3.05) is 26.2 Å². The molecule has 0 bridgehead atoms. The molecule has 19 heavy (non-hydrogen) atoms. The van der Waals surface area contributed by atoms with Crippen molar-refractivity contribution in [3.8, 4) is 0 Å². The zero-order chi connectivity index (χ0) is 13.2. The summed E-state index contributed by atoms with van der Waals surface area (Å²) in [6.45, 7) is 5.54. The van der Waals surface area contributed by atoms with Crippen molar-refractivity contribution in [1.29, 1.82) is 0 Å². The summed E-state index contributed by atoms with van der Waals surface area (Å²) in [5, 5.41) is 6.91. The lowest BCUT2D eigenvalue weighted by Gasteiger charge is -2.35. The first-order valence-electron chi connectivity index (χ1n) is 6.76. The van der Waals surface area contributed by atoms with Gasteiger partial charge in [-0.2, -0.15) is 0 Å². The van der Waals surface area contributed by atoms with Gasteiger partial charge in [-0.05, 0) is 19.9 Å². The van der Waals surface area contributed by atoms with E-state index < -0.39 is 0 Å². The van der Waals surface area contributed by atoms with Gasteiger partial charge < -0.3 is 14.6 Å². The van der Waals surface area contributed by atoms with E-state index in [9.17, 15) is 4.79 Å². The molecule has 0 spiro atoms. The van der Waals surface area contributed by atoms with Gasteiger partial charge in [-0.25, -0.2) is 0 Å². The lowest BCUT2D eigenvalue weighted by atomic mass is 9.93. The van der Waals surface area contributed by atoms with E-state index in [1.165, 1.54) is 0 Å². The Bertz CT molecular complexity index is 460. The first-order valence-corrected chi connectivity index (χ1v) is 6.76. The number of hydrogen-bond donors (Lipinski definition) is 1. The van der Waals surface area contributed by atoms with Gasteiger partial charge >= 0.3 is 0 Å². The van der Waals surface area contributed by atoms with Crippen LogP contribution in [0.3, 0.4) is 0 Å². The summed E-state index contributed by atoms with van der Waals surface area (Å²) < 4.78 is 10.9. The zero-order valence-electron chi connectivity index (χ0n) is 11.1. The Hall–Kier alpha value is -1.40. The molecule has 0 aliphatic carbocycles. The predicted molar refractivity (Wildman–Crippen MR) is 67.4 cm³/mol. The summed E-state index contributed by atoms with van der Waals surface area (Å²) in [4.78, 5) is 14.2. The fraction of sp³-hybridized carbons (Fsp3) is 0.692. The van der Waals surface area contributed by atoms with E-state index >= 15 is 0 Å². The maximum Gasteiger partial charge on any atom is 0.225 e. The lowest BCUT2D eigenvalue weighted by molar-refractivity contribution is -0.130.